The first-order valence-corrected chi connectivity index (χ1v) is 12.0. The summed E-state index contributed by atoms with van der Waals surface area (Å²) in [4.78, 5) is 14.9. The predicted octanol–water partition coefficient (Wildman–Crippen LogP) is 4.03. The van der Waals surface area contributed by atoms with Crippen molar-refractivity contribution in [3.63, 3.8) is 0 Å². The van der Waals surface area contributed by atoms with E-state index in [0.29, 0.717) is 32.2 Å². The van der Waals surface area contributed by atoms with Gasteiger partial charge in [-0.3, -0.25) is 9.78 Å². The van der Waals surface area contributed by atoms with Crippen LogP contribution in [0.1, 0.15) is 55.7 Å². The number of nitrogens with one attached hydrogen (secondary N) is 1. The van der Waals surface area contributed by atoms with Crippen LogP contribution < -0.4 is 4.72 Å². The lowest BCUT2D eigenvalue weighted by molar-refractivity contribution is -0.137. The van der Waals surface area contributed by atoms with E-state index in [0.717, 1.165) is 28.7 Å². The number of benzene rings is 1. The molecular weight excluding hydrogens is 400 g/mol. The molecule has 0 aliphatic heterocycles. The SMILES string of the molecule is CCCCS(=O)(=O)NCCc1ccc(/C(=C\CCCC(=O)O)c2cccnc2)cc1. The fourth-order valence-electron chi connectivity index (χ4n) is 3.03. The van der Waals surface area contributed by atoms with Gasteiger partial charge in [0.1, 0.15) is 0 Å². The van der Waals surface area contributed by atoms with Gasteiger partial charge in [0.2, 0.25) is 10.0 Å². The van der Waals surface area contributed by atoms with Crippen molar-refractivity contribution in [2.45, 2.75) is 45.4 Å². The molecule has 0 atom stereocenters. The second-order valence-corrected chi connectivity index (χ2v) is 9.09. The summed E-state index contributed by atoms with van der Waals surface area (Å²) in [5, 5.41) is 8.83. The molecule has 0 aliphatic carbocycles. The summed E-state index contributed by atoms with van der Waals surface area (Å²) < 4.78 is 26.4. The summed E-state index contributed by atoms with van der Waals surface area (Å²) in [6.45, 7) is 2.35. The van der Waals surface area contributed by atoms with E-state index in [1.807, 2.05) is 43.3 Å². The maximum Gasteiger partial charge on any atom is 0.303 e. The molecule has 2 aromatic rings. The van der Waals surface area contributed by atoms with Gasteiger partial charge in [-0.2, -0.15) is 0 Å². The molecule has 162 valence electrons. The zero-order valence-electron chi connectivity index (χ0n) is 17.4. The lowest BCUT2D eigenvalue weighted by atomic mass is 9.96. The summed E-state index contributed by atoms with van der Waals surface area (Å²) in [6, 6.07) is 11.9. The van der Waals surface area contributed by atoms with Gasteiger partial charge in [0.05, 0.1) is 5.75 Å². The number of rotatable bonds is 13. The van der Waals surface area contributed by atoms with Crippen molar-refractivity contribution in [3.05, 3.63) is 71.6 Å². The van der Waals surface area contributed by atoms with Crippen LogP contribution in [0.2, 0.25) is 0 Å². The van der Waals surface area contributed by atoms with Gasteiger partial charge in [0.25, 0.3) is 0 Å². The van der Waals surface area contributed by atoms with E-state index in [1.165, 1.54) is 0 Å². The maximum atomic E-state index is 11.9. The average molecular weight is 431 g/mol. The van der Waals surface area contributed by atoms with E-state index in [4.69, 9.17) is 5.11 Å². The summed E-state index contributed by atoms with van der Waals surface area (Å²) in [5.74, 6) is -0.621. The van der Waals surface area contributed by atoms with Crippen LogP contribution in [-0.4, -0.2) is 36.8 Å². The van der Waals surface area contributed by atoms with Crippen molar-refractivity contribution in [2.24, 2.45) is 0 Å². The van der Waals surface area contributed by atoms with Crippen LogP contribution in [0.25, 0.3) is 5.57 Å². The molecule has 0 amide bonds. The number of sulfonamides is 1. The first-order valence-electron chi connectivity index (χ1n) is 10.3. The highest BCUT2D eigenvalue weighted by Gasteiger charge is 2.09. The molecule has 0 spiro atoms. The van der Waals surface area contributed by atoms with E-state index >= 15 is 0 Å². The van der Waals surface area contributed by atoms with Crippen molar-refractivity contribution in [3.8, 4) is 0 Å². The molecule has 0 aliphatic rings. The van der Waals surface area contributed by atoms with Crippen LogP contribution >= 0.6 is 0 Å². The number of carboxylic acid groups (broad SMARTS) is 1. The molecule has 30 heavy (non-hydrogen) atoms. The van der Waals surface area contributed by atoms with Crippen LogP contribution in [0, 0.1) is 0 Å². The molecule has 0 fully saturated rings. The smallest absolute Gasteiger partial charge is 0.303 e. The molecule has 0 unspecified atom stereocenters. The van der Waals surface area contributed by atoms with Crippen molar-refractivity contribution in [2.75, 3.05) is 12.3 Å². The van der Waals surface area contributed by atoms with Crippen molar-refractivity contribution < 1.29 is 18.3 Å². The maximum absolute atomic E-state index is 11.9. The molecule has 0 saturated carbocycles. The van der Waals surface area contributed by atoms with E-state index in [1.54, 1.807) is 12.4 Å². The van der Waals surface area contributed by atoms with Crippen molar-refractivity contribution in [1.29, 1.82) is 0 Å². The predicted molar refractivity (Wildman–Crippen MR) is 120 cm³/mol. The Labute approximate surface area is 179 Å². The van der Waals surface area contributed by atoms with Gasteiger partial charge in [0.15, 0.2) is 0 Å². The third-order valence-electron chi connectivity index (χ3n) is 4.68. The highest BCUT2D eigenvalue weighted by atomic mass is 32.2. The minimum atomic E-state index is -3.20. The normalized spacial score (nSPS) is 12.1. The standard InChI is InChI=1S/C23H30N2O4S/c1-2-3-17-30(28,29)25-16-14-19-10-12-20(13-11-19)22(8-4-5-9-23(26)27)21-7-6-15-24-18-21/h6-8,10-13,15,18,25H,2-5,9,14,16-17H2,1H3,(H,26,27)/b22-8+. The van der Waals surface area contributed by atoms with Crippen LogP contribution in [0.15, 0.2) is 54.9 Å². The molecule has 0 saturated heterocycles. The largest absolute Gasteiger partial charge is 0.481 e. The molecule has 2 N–H and O–H groups in total. The average Bonchev–Trinajstić information content (AvgIpc) is 2.73. The summed E-state index contributed by atoms with van der Waals surface area (Å²) in [5.41, 5.74) is 4.06. The number of carbonyl (C=O) groups is 1. The van der Waals surface area contributed by atoms with Crippen LogP contribution in [0.5, 0.6) is 0 Å². The van der Waals surface area contributed by atoms with E-state index in [-0.39, 0.29) is 12.2 Å². The number of unbranched alkanes of at least 4 members (excludes halogenated alkanes) is 2. The van der Waals surface area contributed by atoms with Gasteiger partial charge in [-0.15, -0.1) is 0 Å². The number of hydrogen-bond acceptors (Lipinski definition) is 4. The third kappa shape index (κ3) is 8.47. The number of hydrogen-bond donors (Lipinski definition) is 2. The Morgan fingerprint density at radius 2 is 1.90 bits per heavy atom. The molecular formula is C23H30N2O4S. The van der Waals surface area contributed by atoms with Crippen LogP contribution in [0.3, 0.4) is 0 Å². The highest BCUT2D eigenvalue weighted by molar-refractivity contribution is 7.89. The Balaban J connectivity index is 2.04. The van der Waals surface area contributed by atoms with E-state index in [2.05, 4.69) is 15.8 Å². The second-order valence-electron chi connectivity index (χ2n) is 7.16. The van der Waals surface area contributed by atoms with Crippen LogP contribution in [0.4, 0.5) is 0 Å². The first kappa shape index (κ1) is 23.8. The van der Waals surface area contributed by atoms with Gasteiger partial charge in [-0.05, 0) is 48.4 Å². The highest BCUT2D eigenvalue weighted by Crippen LogP contribution is 2.24. The fourth-order valence-corrected chi connectivity index (χ4v) is 4.26. The Bertz CT molecular complexity index is 923. The minimum absolute atomic E-state index is 0.143. The number of pyridine rings is 1. The topological polar surface area (TPSA) is 96.4 Å². The third-order valence-corrected chi connectivity index (χ3v) is 6.15. The monoisotopic (exact) mass is 430 g/mol. The molecule has 0 radical (unpaired) electrons. The number of nitrogens with zero attached hydrogens (tertiary/aromatic N) is 1. The lowest BCUT2D eigenvalue weighted by Crippen LogP contribution is -2.28. The minimum Gasteiger partial charge on any atom is -0.481 e. The summed E-state index contributed by atoms with van der Waals surface area (Å²) in [7, 11) is -3.20. The second kappa shape index (κ2) is 12.2. The number of aromatic nitrogens is 1. The van der Waals surface area contributed by atoms with Gasteiger partial charge >= 0.3 is 5.97 Å². The van der Waals surface area contributed by atoms with Gasteiger partial charge < -0.3 is 5.11 Å². The summed E-state index contributed by atoms with van der Waals surface area (Å²) in [6.07, 6.45) is 9.09. The fraction of sp³-hybridized carbons (Fsp3) is 0.391. The summed E-state index contributed by atoms with van der Waals surface area (Å²) >= 11 is 0. The molecule has 1 aromatic heterocycles. The van der Waals surface area contributed by atoms with Gasteiger partial charge in [0, 0.05) is 30.9 Å². The quantitative estimate of drug-likeness (QED) is 0.468. The Kier molecular flexibility index (Phi) is 9.70. The van der Waals surface area contributed by atoms with E-state index in [9.17, 15) is 13.2 Å². The van der Waals surface area contributed by atoms with E-state index < -0.39 is 16.0 Å². The zero-order valence-corrected chi connectivity index (χ0v) is 18.2. The zero-order chi connectivity index (χ0) is 21.8. The molecule has 2 rings (SSSR count). The Morgan fingerprint density at radius 1 is 1.13 bits per heavy atom. The van der Waals surface area contributed by atoms with Gasteiger partial charge in [-0.25, -0.2) is 13.1 Å². The molecule has 7 heteroatoms. The number of carboxylic acids is 1. The Hall–Kier alpha value is -2.51. The number of allylic oxidation sites excluding steroid dienone is 1. The molecule has 1 heterocycles. The van der Waals surface area contributed by atoms with Crippen molar-refractivity contribution >= 4 is 21.6 Å². The lowest BCUT2D eigenvalue weighted by Gasteiger charge is -2.10. The van der Waals surface area contributed by atoms with Gasteiger partial charge in [-0.1, -0.05) is 49.8 Å². The van der Waals surface area contributed by atoms with Crippen molar-refractivity contribution in [1.82, 2.24) is 9.71 Å². The first-order chi connectivity index (χ1) is 14.4. The molecule has 0 bridgehead atoms. The van der Waals surface area contributed by atoms with Crippen LogP contribution in [-0.2, 0) is 21.2 Å². The Morgan fingerprint density at radius 3 is 2.53 bits per heavy atom. The molecule has 1 aromatic carbocycles. The molecule has 6 nitrogen and oxygen atoms in total. The number of aliphatic carboxylic acids is 1.